The third-order valence-electron chi connectivity index (χ3n) is 2.49. The Hall–Kier alpha value is -1.81. The van der Waals surface area contributed by atoms with Crippen molar-refractivity contribution in [2.24, 2.45) is 0 Å². The Kier molecular flexibility index (Phi) is 3.90. The average molecular weight is 280 g/mol. The molecule has 1 aromatic carbocycles. The number of hydrogen-bond donors (Lipinski definition) is 0. The van der Waals surface area contributed by atoms with Crippen molar-refractivity contribution in [2.45, 2.75) is 26.7 Å². The van der Waals surface area contributed by atoms with Gasteiger partial charge in [-0.2, -0.15) is 4.98 Å². The summed E-state index contributed by atoms with van der Waals surface area (Å²) in [4.78, 5) is 15.3. The molecule has 2 rings (SSSR count). The van der Waals surface area contributed by atoms with Crippen LogP contribution in [0.4, 0.5) is 0 Å². The van der Waals surface area contributed by atoms with Crippen LogP contribution in [0.1, 0.15) is 32.4 Å². The number of esters is 1. The quantitative estimate of drug-likeness (QED) is 0.796. The molecule has 0 bridgehead atoms. The second-order valence-corrected chi connectivity index (χ2v) is 4.82. The number of ether oxygens (including phenoxy) is 1. The predicted molar refractivity (Wildman–Crippen MR) is 72.3 cm³/mol. The summed E-state index contributed by atoms with van der Waals surface area (Å²) in [5.74, 6) is 0.715. The van der Waals surface area contributed by atoms with Gasteiger partial charge in [0.1, 0.15) is 0 Å². The van der Waals surface area contributed by atoms with E-state index in [-0.39, 0.29) is 11.8 Å². The van der Waals surface area contributed by atoms with E-state index in [1.807, 2.05) is 26.0 Å². The third-order valence-corrected chi connectivity index (χ3v) is 2.82. The van der Waals surface area contributed by atoms with E-state index < -0.39 is 5.97 Å². The summed E-state index contributed by atoms with van der Waals surface area (Å²) < 4.78 is 10.7. The highest BCUT2D eigenvalue weighted by Crippen LogP contribution is 2.34. The molecule has 0 radical (unpaired) electrons. The maximum Gasteiger partial charge on any atom is 0.309 e. The van der Waals surface area contributed by atoms with Crippen LogP contribution in [0.5, 0.6) is 5.88 Å². The normalized spacial score (nSPS) is 10.8. The third kappa shape index (κ3) is 2.96. The van der Waals surface area contributed by atoms with E-state index in [1.54, 1.807) is 12.1 Å². The molecule has 0 aliphatic heterocycles. The second-order valence-electron chi connectivity index (χ2n) is 4.42. The lowest BCUT2D eigenvalue weighted by molar-refractivity contribution is -0.132. The molecule has 0 fully saturated rings. The van der Waals surface area contributed by atoms with Crippen LogP contribution in [0, 0.1) is 0 Å². The van der Waals surface area contributed by atoms with Gasteiger partial charge in [0.05, 0.1) is 10.6 Å². The maximum atomic E-state index is 11.1. The highest BCUT2D eigenvalue weighted by atomic mass is 35.5. The molecular formula is C14H14ClNO3. The van der Waals surface area contributed by atoms with Crippen molar-refractivity contribution in [3.8, 4) is 17.3 Å². The standard InChI is InChI=1S/C14H14ClNO3/c1-8(2)12-14(18-9(3)17)16-13(19-12)10-6-4-5-7-11(10)15/h4-8H,1-3H3. The van der Waals surface area contributed by atoms with Crippen LogP contribution in [0.25, 0.3) is 11.5 Å². The van der Waals surface area contributed by atoms with Crippen molar-refractivity contribution >= 4 is 17.6 Å². The van der Waals surface area contributed by atoms with Crippen LogP contribution in [-0.2, 0) is 4.79 Å². The van der Waals surface area contributed by atoms with Gasteiger partial charge in [-0.3, -0.25) is 4.79 Å². The molecule has 0 N–H and O–H groups in total. The SMILES string of the molecule is CC(=O)Oc1nc(-c2ccccc2Cl)oc1C(C)C. The van der Waals surface area contributed by atoms with Crippen molar-refractivity contribution in [1.82, 2.24) is 4.98 Å². The van der Waals surface area contributed by atoms with Crippen molar-refractivity contribution < 1.29 is 13.9 Å². The summed E-state index contributed by atoms with van der Waals surface area (Å²) in [6.45, 7) is 5.20. The average Bonchev–Trinajstić information content (AvgIpc) is 2.72. The Morgan fingerprint density at radius 3 is 2.63 bits per heavy atom. The molecule has 0 amide bonds. The highest BCUT2D eigenvalue weighted by Gasteiger charge is 2.21. The van der Waals surface area contributed by atoms with Gasteiger partial charge in [0.25, 0.3) is 5.88 Å². The Morgan fingerprint density at radius 1 is 1.37 bits per heavy atom. The fraction of sp³-hybridized carbons (Fsp3) is 0.286. The molecule has 0 aliphatic carbocycles. The molecule has 0 atom stereocenters. The zero-order valence-corrected chi connectivity index (χ0v) is 11.7. The maximum absolute atomic E-state index is 11.1. The molecule has 5 heteroatoms. The molecule has 100 valence electrons. The smallest absolute Gasteiger partial charge is 0.309 e. The topological polar surface area (TPSA) is 52.3 Å². The molecule has 1 aromatic heterocycles. The first kappa shape index (κ1) is 13.6. The molecule has 2 aromatic rings. The number of benzene rings is 1. The molecule has 4 nitrogen and oxygen atoms in total. The number of aromatic nitrogens is 1. The molecule has 0 spiro atoms. The molecule has 1 heterocycles. The predicted octanol–water partition coefficient (Wildman–Crippen LogP) is 4.04. The lowest BCUT2D eigenvalue weighted by Crippen LogP contribution is -2.04. The van der Waals surface area contributed by atoms with E-state index >= 15 is 0 Å². The van der Waals surface area contributed by atoms with Gasteiger partial charge in [-0.15, -0.1) is 0 Å². The summed E-state index contributed by atoms with van der Waals surface area (Å²) >= 11 is 6.10. The van der Waals surface area contributed by atoms with Crippen LogP contribution in [-0.4, -0.2) is 11.0 Å². The lowest BCUT2D eigenvalue weighted by atomic mass is 10.2. The minimum Gasteiger partial charge on any atom is -0.437 e. The number of halogens is 1. The summed E-state index contributed by atoms with van der Waals surface area (Å²) in [7, 11) is 0. The van der Waals surface area contributed by atoms with Crippen molar-refractivity contribution in [2.75, 3.05) is 0 Å². The van der Waals surface area contributed by atoms with Crippen molar-refractivity contribution in [1.29, 1.82) is 0 Å². The Bertz CT molecular complexity index is 604. The number of hydrogen-bond acceptors (Lipinski definition) is 4. The molecule has 0 unspecified atom stereocenters. The molecule has 0 aliphatic rings. The number of nitrogens with zero attached hydrogens (tertiary/aromatic N) is 1. The molecular weight excluding hydrogens is 266 g/mol. The molecule has 19 heavy (non-hydrogen) atoms. The van der Waals surface area contributed by atoms with E-state index in [4.69, 9.17) is 20.8 Å². The van der Waals surface area contributed by atoms with Crippen LogP contribution >= 0.6 is 11.6 Å². The van der Waals surface area contributed by atoms with Crippen molar-refractivity contribution in [3.05, 3.63) is 35.0 Å². The summed E-state index contributed by atoms with van der Waals surface area (Å²) in [5.41, 5.74) is 0.671. The summed E-state index contributed by atoms with van der Waals surface area (Å²) in [5, 5.41) is 0.536. The molecule has 0 saturated heterocycles. The zero-order chi connectivity index (χ0) is 14.0. The van der Waals surface area contributed by atoms with Crippen LogP contribution in [0.15, 0.2) is 28.7 Å². The Morgan fingerprint density at radius 2 is 2.05 bits per heavy atom. The van der Waals surface area contributed by atoms with Gasteiger partial charge in [0, 0.05) is 12.8 Å². The minimum absolute atomic E-state index is 0.0538. The fourth-order valence-electron chi connectivity index (χ4n) is 1.64. The number of carbonyl (C=O) groups is 1. The minimum atomic E-state index is -0.430. The molecule has 0 saturated carbocycles. The van der Waals surface area contributed by atoms with Gasteiger partial charge in [-0.05, 0) is 12.1 Å². The van der Waals surface area contributed by atoms with E-state index in [2.05, 4.69) is 4.98 Å². The summed E-state index contributed by atoms with van der Waals surface area (Å²) in [6, 6.07) is 7.22. The van der Waals surface area contributed by atoms with Crippen LogP contribution in [0.3, 0.4) is 0 Å². The monoisotopic (exact) mass is 279 g/mol. The van der Waals surface area contributed by atoms with Gasteiger partial charge >= 0.3 is 5.97 Å². The fourth-order valence-corrected chi connectivity index (χ4v) is 1.86. The van der Waals surface area contributed by atoms with Gasteiger partial charge in [-0.1, -0.05) is 37.6 Å². The highest BCUT2D eigenvalue weighted by molar-refractivity contribution is 6.33. The van der Waals surface area contributed by atoms with E-state index in [0.717, 1.165) is 0 Å². The summed E-state index contributed by atoms with van der Waals surface area (Å²) in [6.07, 6.45) is 0. The Labute approximate surface area is 116 Å². The van der Waals surface area contributed by atoms with Crippen molar-refractivity contribution in [3.63, 3.8) is 0 Å². The lowest BCUT2D eigenvalue weighted by Gasteiger charge is -2.02. The van der Waals surface area contributed by atoms with E-state index in [1.165, 1.54) is 6.92 Å². The van der Waals surface area contributed by atoms with Gasteiger partial charge < -0.3 is 9.15 Å². The first-order valence-electron chi connectivity index (χ1n) is 5.93. The second kappa shape index (κ2) is 5.45. The first-order chi connectivity index (χ1) is 8.99. The van der Waals surface area contributed by atoms with Crippen LogP contribution in [0.2, 0.25) is 5.02 Å². The number of rotatable bonds is 3. The van der Waals surface area contributed by atoms with E-state index in [9.17, 15) is 4.79 Å². The number of oxazole rings is 1. The van der Waals surface area contributed by atoms with Crippen LogP contribution < -0.4 is 4.74 Å². The largest absolute Gasteiger partial charge is 0.437 e. The number of carbonyl (C=O) groups excluding carboxylic acids is 1. The first-order valence-corrected chi connectivity index (χ1v) is 6.31. The van der Waals surface area contributed by atoms with Gasteiger partial charge in [0.2, 0.25) is 5.89 Å². The van der Waals surface area contributed by atoms with Gasteiger partial charge in [-0.25, -0.2) is 0 Å². The Balaban J connectivity index is 2.49. The zero-order valence-electron chi connectivity index (χ0n) is 10.9. The van der Waals surface area contributed by atoms with Gasteiger partial charge in [0.15, 0.2) is 5.76 Å². The van der Waals surface area contributed by atoms with E-state index in [0.29, 0.717) is 22.2 Å².